The summed E-state index contributed by atoms with van der Waals surface area (Å²) >= 11 is 0. The van der Waals surface area contributed by atoms with E-state index < -0.39 is 0 Å². The molecule has 0 aliphatic heterocycles. The Kier molecular flexibility index (Phi) is 4.28. The summed E-state index contributed by atoms with van der Waals surface area (Å²) in [6.45, 7) is 2.33. The molecule has 0 atom stereocenters. The number of aromatic nitrogens is 1. The molecule has 128 valence electrons. The summed E-state index contributed by atoms with van der Waals surface area (Å²) in [5.41, 5.74) is 4.17. The third kappa shape index (κ3) is 3.11. The highest BCUT2D eigenvalue weighted by Gasteiger charge is 2.13. The first-order chi connectivity index (χ1) is 12.7. The second-order valence-electron chi connectivity index (χ2n) is 6.25. The van der Waals surface area contributed by atoms with Gasteiger partial charge >= 0.3 is 0 Å². The first-order valence-corrected chi connectivity index (χ1v) is 8.58. The molecule has 0 spiro atoms. The Labute approximate surface area is 152 Å². The minimum atomic E-state index is 0.207. The zero-order valence-corrected chi connectivity index (χ0v) is 14.5. The molecule has 3 heteroatoms. The van der Waals surface area contributed by atoms with Gasteiger partial charge in [0.25, 0.3) is 0 Å². The van der Waals surface area contributed by atoms with Crippen molar-refractivity contribution in [2.24, 2.45) is 0 Å². The largest absolute Gasteiger partial charge is 0.507 e. The maximum Gasteiger partial charge on any atom is 0.131 e. The van der Waals surface area contributed by atoms with Crippen molar-refractivity contribution in [3.05, 3.63) is 90.0 Å². The van der Waals surface area contributed by atoms with Gasteiger partial charge in [-0.3, -0.25) is 0 Å². The van der Waals surface area contributed by atoms with Gasteiger partial charge in [0.2, 0.25) is 0 Å². The highest BCUT2D eigenvalue weighted by atomic mass is 16.5. The second kappa shape index (κ2) is 6.89. The van der Waals surface area contributed by atoms with Crippen molar-refractivity contribution >= 4 is 10.9 Å². The number of rotatable bonds is 4. The van der Waals surface area contributed by atoms with E-state index in [4.69, 9.17) is 4.74 Å². The Morgan fingerprint density at radius 1 is 0.846 bits per heavy atom. The summed E-state index contributed by atoms with van der Waals surface area (Å²) in [5.74, 6) is 0.884. The molecule has 0 saturated heterocycles. The summed E-state index contributed by atoms with van der Waals surface area (Å²) in [4.78, 5) is 4.67. The fraction of sp³-hybridized carbons (Fsp3) is 0.0870. The first kappa shape index (κ1) is 16.2. The fourth-order valence-corrected chi connectivity index (χ4v) is 3.00. The maximum absolute atomic E-state index is 10.7. The van der Waals surface area contributed by atoms with E-state index in [1.165, 1.54) is 0 Å². The molecular formula is C23H19NO2. The molecule has 0 radical (unpaired) electrons. The van der Waals surface area contributed by atoms with Crippen LogP contribution in [0.15, 0.2) is 78.9 Å². The van der Waals surface area contributed by atoms with Crippen LogP contribution < -0.4 is 4.74 Å². The Hall–Kier alpha value is -3.33. The van der Waals surface area contributed by atoms with Crippen molar-refractivity contribution in [3.63, 3.8) is 0 Å². The van der Waals surface area contributed by atoms with E-state index in [2.05, 4.69) is 4.98 Å². The van der Waals surface area contributed by atoms with E-state index in [-0.39, 0.29) is 5.75 Å². The molecule has 0 aliphatic rings. The predicted octanol–water partition coefficient (Wildman–Crippen LogP) is 5.49. The van der Waals surface area contributed by atoms with Crippen LogP contribution in [-0.4, -0.2) is 10.1 Å². The molecule has 3 nitrogen and oxygen atoms in total. The van der Waals surface area contributed by atoms with Crippen LogP contribution in [0.4, 0.5) is 0 Å². The van der Waals surface area contributed by atoms with Crippen LogP contribution in [0.1, 0.15) is 11.1 Å². The summed E-state index contributed by atoms with van der Waals surface area (Å²) < 4.78 is 5.88. The van der Waals surface area contributed by atoms with Gasteiger partial charge in [-0.05, 0) is 36.8 Å². The lowest BCUT2D eigenvalue weighted by Crippen LogP contribution is -1.97. The number of benzene rings is 3. The van der Waals surface area contributed by atoms with Gasteiger partial charge in [-0.25, -0.2) is 4.98 Å². The second-order valence-corrected chi connectivity index (χ2v) is 6.25. The Bertz CT molecular complexity index is 1060. The molecule has 0 saturated carbocycles. The third-order valence-corrected chi connectivity index (χ3v) is 4.49. The average Bonchev–Trinajstić information content (AvgIpc) is 2.69. The zero-order valence-electron chi connectivity index (χ0n) is 14.5. The van der Waals surface area contributed by atoms with Gasteiger partial charge in [-0.2, -0.15) is 0 Å². The molecule has 0 amide bonds. The number of nitrogens with zero attached hydrogens (tertiary/aromatic N) is 1. The van der Waals surface area contributed by atoms with Gasteiger partial charge in [-0.1, -0.05) is 54.6 Å². The lowest BCUT2D eigenvalue weighted by molar-refractivity contribution is 0.302. The van der Waals surface area contributed by atoms with Crippen molar-refractivity contribution < 1.29 is 9.84 Å². The number of pyridine rings is 1. The predicted molar refractivity (Wildman–Crippen MR) is 104 cm³/mol. The van der Waals surface area contributed by atoms with Crippen LogP contribution in [0.2, 0.25) is 0 Å². The number of ether oxygens (including phenoxy) is 1. The van der Waals surface area contributed by atoms with E-state index in [1.807, 2.05) is 85.8 Å². The number of hydrogen-bond donors (Lipinski definition) is 1. The lowest BCUT2D eigenvalue weighted by Gasteiger charge is -2.13. The molecule has 1 N–H and O–H groups in total. The summed E-state index contributed by atoms with van der Waals surface area (Å²) in [6, 6.07) is 25.6. The van der Waals surface area contributed by atoms with Crippen LogP contribution in [0.25, 0.3) is 22.2 Å². The van der Waals surface area contributed by atoms with Crippen LogP contribution in [-0.2, 0) is 6.61 Å². The molecule has 0 fully saturated rings. The number of hydrogen-bond acceptors (Lipinski definition) is 3. The highest BCUT2D eigenvalue weighted by molar-refractivity contribution is 5.82. The van der Waals surface area contributed by atoms with Crippen LogP contribution in [0.3, 0.4) is 0 Å². The minimum Gasteiger partial charge on any atom is -0.507 e. The van der Waals surface area contributed by atoms with Gasteiger partial charge in [0.1, 0.15) is 18.1 Å². The van der Waals surface area contributed by atoms with E-state index in [0.29, 0.717) is 23.5 Å². The lowest BCUT2D eigenvalue weighted by atomic mass is 10.0. The molecule has 4 aromatic rings. The maximum atomic E-state index is 10.7. The molecule has 0 unspecified atom stereocenters. The quantitative estimate of drug-likeness (QED) is 0.533. The van der Waals surface area contributed by atoms with Crippen molar-refractivity contribution in [1.29, 1.82) is 0 Å². The fourth-order valence-electron chi connectivity index (χ4n) is 3.00. The van der Waals surface area contributed by atoms with E-state index in [9.17, 15) is 5.11 Å². The van der Waals surface area contributed by atoms with E-state index in [0.717, 1.165) is 22.2 Å². The standard InChI is InChI=1S/C23H19NO2/c1-16-22(26-15-17-7-3-2-4-8-17)14-12-19(23(16)25)21-13-11-18-9-5-6-10-20(18)24-21/h2-14,25H,15H2,1H3. The van der Waals surface area contributed by atoms with Crippen LogP contribution in [0, 0.1) is 6.92 Å². The molecule has 1 aromatic heterocycles. The molecular weight excluding hydrogens is 322 g/mol. The van der Waals surface area contributed by atoms with Gasteiger partial charge in [0, 0.05) is 16.5 Å². The smallest absolute Gasteiger partial charge is 0.131 e. The molecule has 0 aliphatic carbocycles. The monoisotopic (exact) mass is 341 g/mol. The van der Waals surface area contributed by atoms with Gasteiger partial charge in [0.05, 0.1) is 11.2 Å². The van der Waals surface area contributed by atoms with Gasteiger partial charge < -0.3 is 9.84 Å². The normalized spacial score (nSPS) is 10.8. The molecule has 3 aromatic carbocycles. The Balaban J connectivity index is 1.64. The van der Waals surface area contributed by atoms with E-state index >= 15 is 0 Å². The number of aromatic hydroxyl groups is 1. The summed E-state index contributed by atoms with van der Waals surface area (Å²) in [6.07, 6.45) is 0. The highest BCUT2D eigenvalue weighted by Crippen LogP contribution is 2.37. The first-order valence-electron chi connectivity index (χ1n) is 8.58. The number of phenols is 1. The topological polar surface area (TPSA) is 42.4 Å². The molecule has 1 heterocycles. The average molecular weight is 341 g/mol. The number of phenolic OH excluding ortho intramolecular Hbond substituents is 1. The molecule has 26 heavy (non-hydrogen) atoms. The van der Waals surface area contributed by atoms with Crippen molar-refractivity contribution in [2.45, 2.75) is 13.5 Å². The Morgan fingerprint density at radius 2 is 1.62 bits per heavy atom. The minimum absolute atomic E-state index is 0.207. The van der Waals surface area contributed by atoms with Crippen molar-refractivity contribution in [2.75, 3.05) is 0 Å². The van der Waals surface area contributed by atoms with Crippen LogP contribution >= 0.6 is 0 Å². The van der Waals surface area contributed by atoms with Gasteiger partial charge in [-0.15, -0.1) is 0 Å². The summed E-state index contributed by atoms with van der Waals surface area (Å²) in [7, 11) is 0. The molecule has 4 rings (SSSR count). The zero-order chi connectivity index (χ0) is 17.9. The number of fused-ring (bicyclic) bond motifs is 1. The summed E-state index contributed by atoms with van der Waals surface area (Å²) in [5, 5.41) is 11.8. The van der Waals surface area contributed by atoms with E-state index in [1.54, 1.807) is 0 Å². The van der Waals surface area contributed by atoms with Crippen LogP contribution in [0.5, 0.6) is 11.5 Å². The third-order valence-electron chi connectivity index (χ3n) is 4.49. The number of para-hydroxylation sites is 1. The SMILES string of the molecule is Cc1c(OCc2ccccc2)ccc(-c2ccc3ccccc3n2)c1O. The van der Waals surface area contributed by atoms with Crippen molar-refractivity contribution in [3.8, 4) is 22.8 Å². The molecule has 0 bridgehead atoms. The van der Waals surface area contributed by atoms with Gasteiger partial charge in [0.15, 0.2) is 0 Å². The Morgan fingerprint density at radius 3 is 2.46 bits per heavy atom. The van der Waals surface area contributed by atoms with Crippen molar-refractivity contribution in [1.82, 2.24) is 4.98 Å².